The van der Waals surface area contributed by atoms with Gasteiger partial charge in [-0.1, -0.05) is 84.9 Å². The highest BCUT2D eigenvalue weighted by Gasteiger charge is 2.40. The first-order valence-corrected chi connectivity index (χ1v) is 11.0. The zero-order chi connectivity index (χ0) is 22.1. The second-order valence-electron chi connectivity index (χ2n) is 8.46. The average molecular weight is 426 g/mol. The van der Waals surface area contributed by atoms with Crippen molar-refractivity contribution in [2.45, 2.75) is 12.0 Å². The van der Waals surface area contributed by atoms with Crippen molar-refractivity contribution in [3.8, 4) is 11.1 Å². The highest BCUT2D eigenvalue weighted by atomic mass is 16.3. The van der Waals surface area contributed by atoms with Crippen LogP contribution in [0, 0.1) is 0 Å². The summed E-state index contributed by atoms with van der Waals surface area (Å²) in [5.41, 5.74) is 10.2. The minimum Gasteiger partial charge on any atom is -0.395 e. The van der Waals surface area contributed by atoms with Crippen LogP contribution in [-0.2, 0) is 4.79 Å². The Balaban J connectivity index is 1.34. The van der Waals surface area contributed by atoms with Gasteiger partial charge in [-0.05, 0) is 27.8 Å². The quantitative estimate of drug-likeness (QED) is 0.654. The van der Waals surface area contributed by atoms with Crippen molar-refractivity contribution in [3.63, 3.8) is 0 Å². The Morgan fingerprint density at radius 3 is 2.22 bits per heavy atom. The van der Waals surface area contributed by atoms with Crippen molar-refractivity contribution in [1.29, 1.82) is 0 Å². The number of amides is 1. The summed E-state index contributed by atoms with van der Waals surface area (Å²) in [5, 5.41) is 12.0. The Kier molecular flexibility index (Phi) is 5.52. The molecule has 3 aromatic rings. The number of likely N-dealkylation sites (N-methyl/N-ethyl adjacent to an activating group) is 1. The van der Waals surface area contributed by atoms with Gasteiger partial charge in [-0.25, -0.2) is 5.01 Å². The number of hydrogen-bond acceptors (Lipinski definition) is 4. The van der Waals surface area contributed by atoms with Gasteiger partial charge in [-0.15, -0.1) is 0 Å². The number of hydrogen-bond donors (Lipinski definition) is 2. The number of aliphatic hydroxyl groups is 1. The molecule has 2 N–H and O–H groups in total. The van der Waals surface area contributed by atoms with E-state index in [4.69, 9.17) is 0 Å². The highest BCUT2D eigenvalue weighted by molar-refractivity contribution is 5.85. The van der Waals surface area contributed by atoms with Gasteiger partial charge in [-0.2, -0.15) is 0 Å². The fourth-order valence-corrected chi connectivity index (χ4v) is 4.82. The lowest BCUT2D eigenvalue weighted by molar-refractivity contribution is -0.132. The number of hydrazine groups is 1. The predicted octanol–water partition coefficient (Wildman–Crippen LogP) is 3.72. The Morgan fingerprint density at radius 2 is 1.56 bits per heavy atom. The van der Waals surface area contributed by atoms with Crippen molar-refractivity contribution in [3.05, 3.63) is 107 Å². The average Bonchev–Trinajstić information content (AvgIpc) is 3.37. The van der Waals surface area contributed by atoms with Crippen molar-refractivity contribution in [1.82, 2.24) is 15.3 Å². The van der Waals surface area contributed by atoms with Crippen LogP contribution in [0.15, 0.2) is 96.2 Å². The molecule has 0 aromatic heterocycles. The SMILES string of the molecule is CN1NC2=C(CN(C(=O)C(CO)c3ccccc3)C2)C1c1ccc(-c2ccccc2)cc1. The molecule has 2 aliphatic heterocycles. The second-order valence-corrected chi connectivity index (χ2v) is 8.46. The molecule has 0 bridgehead atoms. The number of aliphatic hydroxyl groups excluding tert-OH is 1. The molecule has 0 saturated heterocycles. The topological polar surface area (TPSA) is 55.8 Å². The van der Waals surface area contributed by atoms with Crippen LogP contribution in [0.25, 0.3) is 11.1 Å². The molecule has 5 heteroatoms. The first-order valence-electron chi connectivity index (χ1n) is 11.0. The van der Waals surface area contributed by atoms with Crippen LogP contribution in [0.2, 0.25) is 0 Å². The Hall–Kier alpha value is -3.41. The molecular weight excluding hydrogens is 398 g/mol. The van der Waals surface area contributed by atoms with Crippen molar-refractivity contribution in [2.75, 3.05) is 26.7 Å². The lowest BCUT2D eigenvalue weighted by Crippen LogP contribution is -2.41. The van der Waals surface area contributed by atoms with Gasteiger partial charge in [0.1, 0.15) is 0 Å². The molecule has 2 heterocycles. The fourth-order valence-electron chi connectivity index (χ4n) is 4.82. The molecule has 0 saturated carbocycles. The van der Waals surface area contributed by atoms with E-state index in [1.165, 1.54) is 22.3 Å². The second kappa shape index (κ2) is 8.61. The normalized spacial score (nSPS) is 19.1. The van der Waals surface area contributed by atoms with Gasteiger partial charge in [0.2, 0.25) is 5.91 Å². The minimum absolute atomic E-state index is 0.0317. The van der Waals surface area contributed by atoms with Crippen molar-refractivity contribution in [2.24, 2.45) is 0 Å². The van der Waals surface area contributed by atoms with E-state index >= 15 is 0 Å². The van der Waals surface area contributed by atoms with Crippen LogP contribution in [0.1, 0.15) is 23.1 Å². The van der Waals surface area contributed by atoms with E-state index in [1.54, 1.807) is 0 Å². The summed E-state index contributed by atoms with van der Waals surface area (Å²) in [6, 6.07) is 28.6. The summed E-state index contributed by atoms with van der Waals surface area (Å²) >= 11 is 0. The fraction of sp³-hybridized carbons (Fsp3) is 0.222. The van der Waals surface area contributed by atoms with E-state index in [0.717, 1.165) is 11.3 Å². The van der Waals surface area contributed by atoms with Gasteiger partial charge >= 0.3 is 0 Å². The smallest absolute Gasteiger partial charge is 0.233 e. The van der Waals surface area contributed by atoms with Crippen LogP contribution in [-0.4, -0.2) is 47.7 Å². The van der Waals surface area contributed by atoms with E-state index in [9.17, 15) is 9.90 Å². The van der Waals surface area contributed by atoms with Gasteiger partial charge in [-0.3, -0.25) is 4.79 Å². The van der Waals surface area contributed by atoms with Gasteiger partial charge in [0.25, 0.3) is 0 Å². The highest BCUT2D eigenvalue weighted by Crippen LogP contribution is 2.38. The van der Waals surface area contributed by atoms with E-state index in [0.29, 0.717) is 13.1 Å². The van der Waals surface area contributed by atoms with E-state index in [-0.39, 0.29) is 18.6 Å². The number of nitrogens with one attached hydrogen (secondary N) is 1. The van der Waals surface area contributed by atoms with Crippen LogP contribution in [0.3, 0.4) is 0 Å². The number of benzene rings is 3. The van der Waals surface area contributed by atoms with Crippen LogP contribution in [0.5, 0.6) is 0 Å². The zero-order valence-electron chi connectivity index (χ0n) is 18.1. The number of nitrogens with zero attached hydrogens (tertiary/aromatic N) is 2. The Morgan fingerprint density at radius 1 is 0.938 bits per heavy atom. The maximum Gasteiger partial charge on any atom is 0.233 e. The van der Waals surface area contributed by atoms with E-state index < -0.39 is 5.92 Å². The van der Waals surface area contributed by atoms with E-state index in [1.807, 2.05) is 60.5 Å². The molecule has 5 nitrogen and oxygen atoms in total. The Labute approximate surface area is 188 Å². The maximum atomic E-state index is 13.2. The summed E-state index contributed by atoms with van der Waals surface area (Å²) in [5.74, 6) is -0.562. The molecule has 0 radical (unpaired) electrons. The molecule has 0 fully saturated rings. The molecule has 0 spiro atoms. The lowest BCUT2D eigenvalue weighted by Gasteiger charge is -2.29. The number of carbonyl (C=O) groups excluding carboxylic acids is 1. The van der Waals surface area contributed by atoms with Gasteiger partial charge in [0, 0.05) is 19.3 Å². The van der Waals surface area contributed by atoms with Gasteiger partial charge in [0.15, 0.2) is 0 Å². The summed E-state index contributed by atoms with van der Waals surface area (Å²) in [6.45, 7) is 0.919. The zero-order valence-corrected chi connectivity index (χ0v) is 18.1. The van der Waals surface area contributed by atoms with E-state index in [2.05, 4.69) is 46.8 Å². The third-order valence-electron chi connectivity index (χ3n) is 6.45. The van der Waals surface area contributed by atoms with Crippen molar-refractivity contribution >= 4 is 5.91 Å². The third kappa shape index (κ3) is 3.70. The molecule has 1 amide bonds. The molecule has 2 aliphatic rings. The van der Waals surface area contributed by atoms with Crippen LogP contribution < -0.4 is 5.43 Å². The summed E-state index contributed by atoms with van der Waals surface area (Å²) < 4.78 is 0. The van der Waals surface area contributed by atoms with Crippen LogP contribution in [0.4, 0.5) is 0 Å². The molecule has 162 valence electrons. The molecular formula is C27H27N3O2. The Bertz CT molecular complexity index is 1130. The number of rotatable bonds is 5. The standard InChI is InChI=1S/C27H27N3O2/c1-29-26(22-14-12-20(13-15-22)19-8-4-2-5-9-19)23-16-30(17-25(23)28-29)27(32)24(18-31)21-10-6-3-7-11-21/h2-15,24,26,28,31H,16-18H2,1H3. The summed E-state index contributed by atoms with van der Waals surface area (Å²) in [6.07, 6.45) is 0. The first-order chi connectivity index (χ1) is 15.7. The molecule has 5 rings (SSSR count). The minimum atomic E-state index is -0.530. The monoisotopic (exact) mass is 425 g/mol. The molecule has 3 aromatic carbocycles. The molecule has 2 unspecified atom stereocenters. The summed E-state index contributed by atoms with van der Waals surface area (Å²) in [7, 11) is 2.04. The maximum absolute atomic E-state index is 13.2. The summed E-state index contributed by atoms with van der Waals surface area (Å²) in [4.78, 5) is 15.1. The van der Waals surface area contributed by atoms with Crippen LogP contribution >= 0.6 is 0 Å². The van der Waals surface area contributed by atoms with Gasteiger partial charge in [0.05, 0.1) is 25.1 Å². The molecule has 0 aliphatic carbocycles. The largest absolute Gasteiger partial charge is 0.395 e. The van der Waals surface area contributed by atoms with Gasteiger partial charge < -0.3 is 15.4 Å². The lowest BCUT2D eigenvalue weighted by atomic mass is 9.96. The first kappa shape index (κ1) is 20.5. The predicted molar refractivity (Wildman–Crippen MR) is 125 cm³/mol. The van der Waals surface area contributed by atoms with Crippen molar-refractivity contribution < 1.29 is 9.90 Å². The molecule has 2 atom stereocenters. The molecule has 32 heavy (non-hydrogen) atoms. The third-order valence-corrected chi connectivity index (χ3v) is 6.45. The number of carbonyl (C=O) groups is 1.